The Bertz CT molecular complexity index is 1220. The Morgan fingerprint density at radius 2 is 1.50 bits per heavy atom. The first kappa shape index (κ1) is 19.3. The second-order valence-corrected chi connectivity index (χ2v) is 6.72. The quantitative estimate of drug-likeness (QED) is 0.276. The standard InChI is InChI=1S/C25H18FNO3/c1-30-24-13-6-5-10-19(24)21-16-18(17-8-3-2-4-9-17)14-15-20(21)25-22(26)11-7-12-23(25)27(28)29/h2-16H,1H3. The van der Waals surface area contributed by atoms with Gasteiger partial charge in [0, 0.05) is 11.6 Å². The maximum absolute atomic E-state index is 14.9. The molecule has 0 saturated heterocycles. The van der Waals surface area contributed by atoms with Crippen LogP contribution < -0.4 is 4.74 Å². The van der Waals surface area contributed by atoms with Crippen LogP contribution in [0.2, 0.25) is 0 Å². The molecule has 0 unspecified atom stereocenters. The normalized spacial score (nSPS) is 10.6. The molecule has 0 atom stereocenters. The monoisotopic (exact) mass is 399 g/mol. The van der Waals surface area contributed by atoms with Crippen LogP contribution in [0.25, 0.3) is 33.4 Å². The molecule has 0 aliphatic heterocycles. The fraction of sp³-hybridized carbons (Fsp3) is 0.0400. The molecule has 0 aromatic heterocycles. The van der Waals surface area contributed by atoms with E-state index in [9.17, 15) is 14.5 Å². The minimum atomic E-state index is -0.646. The number of rotatable bonds is 5. The minimum Gasteiger partial charge on any atom is -0.496 e. The first-order valence-corrected chi connectivity index (χ1v) is 9.36. The summed E-state index contributed by atoms with van der Waals surface area (Å²) in [4.78, 5) is 11.1. The van der Waals surface area contributed by atoms with Crippen molar-refractivity contribution >= 4 is 5.69 Å². The van der Waals surface area contributed by atoms with Crippen molar-refractivity contribution in [3.05, 3.63) is 107 Å². The van der Waals surface area contributed by atoms with Gasteiger partial charge in [-0.1, -0.05) is 66.7 Å². The Hall–Kier alpha value is -3.99. The average Bonchev–Trinajstić information content (AvgIpc) is 2.79. The number of hydrogen-bond acceptors (Lipinski definition) is 3. The molecule has 0 aliphatic carbocycles. The lowest BCUT2D eigenvalue weighted by molar-refractivity contribution is -0.384. The van der Waals surface area contributed by atoms with Gasteiger partial charge < -0.3 is 4.74 Å². The first-order valence-electron chi connectivity index (χ1n) is 9.36. The number of halogens is 1. The molecule has 0 bridgehead atoms. The Morgan fingerprint density at radius 1 is 0.767 bits per heavy atom. The Morgan fingerprint density at radius 3 is 2.23 bits per heavy atom. The van der Waals surface area contributed by atoms with E-state index in [1.54, 1.807) is 13.2 Å². The van der Waals surface area contributed by atoms with Crippen LogP contribution in [-0.2, 0) is 0 Å². The van der Waals surface area contributed by atoms with Crippen LogP contribution in [0.3, 0.4) is 0 Å². The molecular weight excluding hydrogens is 381 g/mol. The molecule has 0 saturated carbocycles. The molecule has 0 spiro atoms. The predicted octanol–water partition coefficient (Wildman–Crippen LogP) is 6.74. The maximum Gasteiger partial charge on any atom is 0.280 e. The van der Waals surface area contributed by atoms with Crippen LogP contribution in [0.5, 0.6) is 5.75 Å². The van der Waals surface area contributed by atoms with Gasteiger partial charge in [-0.15, -0.1) is 0 Å². The van der Waals surface area contributed by atoms with Gasteiger partial charge in [0.25, 0.3) is 5.69 Å². The smallest absolute Gasteiger partial charge is 0.280 e. The topological polar surface area (TPSA) is 52.4 Å². The van der Waals surface area contributed by atoms with Crippen LogP contribution in [0.1, 0.15) is 0 Å². The number of nitro groups is 1. The summed E-state index contributed by atoms with van der Waals surface area (Å²) in [5.74, 6) is -0.0456. The third kappa shape index (κ3) is 3.53. The fourth-order valence-electron chi connectivity index (χ4n) is 3.59. The molecule has 148 valence electrons. The summed E-state index contributed by atoms with van der Waals surface area (Å²) in [7, 11) is 1.56. The van der Waals surface area contributed by atoms with Crippen molar-refractivity contribution in [1.29, 1.82) is 0 Å². The van der Waals surface area contributed by atoms with E-state index < -0.39 is 10.7 Å². The van der Waals surface area contributed by atoms with Gasteiger partial charge in [-0.05, 0) is 40.5 Å². The molecule has 0 amide bonds. The molecule has 0 fully saturated rings. The number of hydrogen-bond donors (Lipinski definition) is 0. The number of nitro benzene ring substituents is 1. The van der Waals surface area contributed by atoms with E-state index in [1.165, 1.54) is 18.2 Å². The molecule has 4 nitrogen and oxygen atoms in total. The minimum absolute atomic E-state index is 0.0389. The Kier molecular flexibility index (Phi) is 5.26. The van der Waals surface area contributed by atoms with Crippen LogP contribution in [0.4, 0.5) is 10.1 Å². The summed E-state index contributed by atoms with van der Waals surface area (Å²) in [6, 6.07) is 26.5. The molecule has 0 radical (unpaired) electrons. The van der Waals surface area contributed by atoms with Crippen molar-refractivity contribution in [2.24, 2.45) is 0 Å². The van der Waals surface area contributed by atoms with Crippen molar-refractivity contribution in [3.8, 4) is 39.1 Å². The van der Waals surface area contributed by atoms with E-state index in [1.807, 2.05) is 66.7 Å². The number of benzene rings is 4. The van der Waals surface area contributed by atoms with Crippen molar-refractivity contribution in [1.82, 2.24) is 0 Å². The van der Waals surface area contributed by atoms with Crippen molar-refractivity contribution in [3.63, 3.8) is 0 Å². The van der Waals surface area contributed by atoms with Crippen molar-refractivity contribution in [2.75, 3.05) is 7.11 Å². The summed E-state index contributed by atoms with van der Waals surface area (Å²) in [6.45, 7) is 0. The van der Waals surface area contributed by atoms with E-state index >= 15 is 0 Å². The van der Waals surface area contributed by atoms with E-state index in [4.69, 9.17) is 4.74 Å². The number of ether oxygens (including phenoxy) is 1. The van der Waals surface area contributed by atoms with Gasteiger partial charge in [0.1, 0.15) is 11.6 Å². The third-order valence-corrected chi connectivity index (χ3v) is 4.98. The van der Waals surface area contributed by atoms with Gasteiger partial charge in [-0.2, -0.15) is 0 Å². The fourth-order valence-corrected chi connectivity index (χ4v) is 3.59. The average molecular weight is 399 g/mol. The van der Waals surface area contributed by atoms with Crippen LogP contribution in [0, 0.1) is 15.9 Å². The highest BCUT2D eigenvalue weighted by Gasteiger charge is 2.23. The van der Waals surface area contributed by atoms with Crippen LogP contribution in [0.15, 0.2) is 91.0 Å². The number of para-hydroxylation sites is 1. The van der Waals surface area contributed by atoms with Crippen LogP contribution >= 0.6 is 0 Å². The lowest BCUT2D eigenvalue weighted by Gasteiger charge is -2.16. The molecule has 4 aromatic carbocycles. The summed E-state index contributed by atoms with van der Waals surface area (Å²) in [6.07, 6.45) is 0. The maximum atomic E-state index is 14.9. The highest BCUT2D eigenvalue weighted by molar-refractivity contribution is 5.92. The second-order valence-electron chi connectivity index (χ2n) is 6.72. The van der Waals surface area contributed by atoms with Gasteiger partial charge >= 0.3 is 0 Å². The lowest BCUT2D eigenvalue weighted by atomic mass is 9.89. The summed E-state index contributed by atoms with van der Waals surface area (Å²) < 4.78 is 20.4. The molecule has 4 aromatic rings. The number of methoxy groups -OCH3 is 1. The molecular formula is C25H18FNO3. The molecule has 0 aliphatic rings. The molecule has 0 heterocycles. The molecule has 5 heteroatoms. The van der Waals surface area contributed by atoms with E-state index in [0.29, 0.717) is 16.9 Å². The zero-order valence-corrected chi connectivity index (χ0v) is 16.2. The molecule has 0 N–H and O–H groups in total. The summed E-state index contributed by atoms with van der Waals surface area (Å²) in [5.41, 5.74) is 3.40. The zero-order chi connectivity index (χ0) is 21.1. The Labute approximate surface area is 173 Å². The second kappa shape index (κ2) is 8.17. The Balaban J connectivity index is 2.05. The van der Waals surface area contributed by atoms with Gasteiger partial charge in [-0.3, -0.25) is 10.1 Å². The highest BCUT2D eigenvalue weighted by atomic mass is 19.1. The highest BCUT2D eigenvalue weighted by Crippen LogP contribution is 2.43. The van der Waals surface area contributed by atoms with Crippen molar-refractivity contribution in [2.45, 2.75) is 0 Å². The van der Waals surface area contributed by atoms with Gasteiger partial charge in [-0.25, -0.2) is 4.39 Å². The third-order valence-electron chi connectivity index (χ3n) is 4.98. The SMILES string of the molecule is COc1ccccc1-c1cc(-c2ccccc2)ccc1-c1c(F)cccc1[N+](=O)[O-]. The van der Waals surface area contributed by atoms with E-state index in [-0.39, 0.29) is 11.3 Å². The van der Waals surface area contributed by atoms with Gasteiger partial charge in [0.15, 0.2) is 0 Å². The summed E-state index contributed by atoms with van der Waals surface area (Å²) in [5, 5.41) is 11.6. The van der Waals surface area contributed by atoms with Crippen molar-refractivity contribution < 1.29 is 14.1 Å². The molecule has 4 rings (SSSR count). The van der Waals surface area contributed by atoms with E-state index in [2.05, 4.69) is 0 Å². The largest absolute Gasteiger partial charge is 0.496 e. The zero-order valence-electron chi connectivity index (χ0n) is 16.2. The number of nitrogens with zero attached hydrogens (tertiary/aromatic N) is 1. The first-order chi connectivity index (χ1) is 14.6. The molecule has 30 heavy (non-hydrogen) atoms. The predicted molar refractivity (Wildman–Crippen MR) is 116 cm³/mol. The van der Waals surface area contributed by atoms with E-state index in [0.717, 1.165) is 16.7 Å². The van der Waals surface area contributed by atoms with Gasteiger partial charge in [0.2, 0.25) is 0 Å². The van der Waals surface area contributed by atoms with Gasteiger partial charge in [0.05, 0.1) is 17.6 Å². The van der Waals surface area contributed by atoms with Crippen LogP contribution in [-0.4, -0.2) is 12.0 Å². The summed E-state index contributed by atoms with van der Waals surface area (Å²) >= 11 is 0. The lowest BCUT2D eigenvalue weighted by Crippen LogP contribution is -1.98.